The van der Waals surface area contributed by atoms with Crippen LogP contribution in [0, 0.1) is 0 Å². The average molecular weight is 254 g/mol. The van der Waals surface area contributed by atoms with E-state index >= 15 is 0 Å². The molecule has 0 saturated carbocycles. The number of thiazole rings is 1. The van der Waals surface area contributed by atoms with Crippen molar-refractivity contribution < 1.29 is 0 Å². The molecule has 90 valence electrons. The maximum Gasteiger partial charge on any atom is 0.181 e. The zero-order valence-corrected chi connectivity index (χ0v) is 10.8. The van der Waals surface area contributed by atoms with Crippen molar-refractivity contribution in [2.24, 2.45) is 0 Å². The second-order valence-corrected chi connectivity index (χ2v) is 5.36. The van der Waals surface area contributed by atoms with E-state index in [4.69, 9.17) is 5.73 Å². The molecule has 2 N–H and O–H groups in total. The quantitative estimate of drug-likeness (QED) is 0.774. The highest BCUT2D eigenvalue weighted by Crippen LogP contribution is 2.26. The van der Waals surface area contributed by atoms with Gasteiger partial charge in [0.1, 0.15) is 0 Å². The molecule has 1 aromatic heterocycles. The second kappa shape index (κ2) is 4.78. The Morgan fingerprint density at radius 2 is 1.78 bits per heavy atom. The minimum atomic E-state index is 0.650. The van der Waals surface area contributed by atoms with E-state index in [1.807, 2.05) is 6.07 Å². The van der Waals surface area contributed by atoms with Crippen molar-refractivity contribution in [3.05, 3.63) is 59.7 Å². The summed E-state index contributed by atoms with van der Waals surface area (Å²) < 4.78 is 1.18. The van der Waals surface area contributed by atoms with Crippen LogP contribution < -0.4 is 5.73 Å². The van der Waals surface area contributed by atoms with Gasteiger partial charge in [-0.3, -0.25) is 0 Å². The van der Waals surface area contributed by atoms with Crippen LogP contribution in [-0.2, 0) is 12.8 Å². The first-order valence-corrected chi connectivity index (χ1v) is 6.82. The third-order valence-electron chi connectivity index (χ3n) is 3.04. The van der Waals surface area contributed by atoms with Crippen LogP contribution in [0.1, 0.15) is 11.1 Å². The van der Waals surface area contributed by atoms with Crippen LogP contribution in [0.25, 0.3) is 10.2 Å². The number of aromatic nitrogens is 1. The predicted molar refractivity (Wildman–Crippen MR) is 77.9 cm³/mol. The van der Waals surface area contributed by atoms with E-state index < -0.39 is 0 Å². The summed E-state index contributed by atoms with van der Waals surface area (Å²) in [7, 11) is 0. The van der Waals surface area contributed by atoms with E-state index in [-0.39, 0.29) is 0 Å². The van der Waals surface area contributed by atoms with Crippen molar-refractivity contribution in [1.29, 1.82) is 0 Å². The first-order valence-electron chi connectivity index (χ1n) is 6.01. The monoisotopic (exact) mass is 254 g/mol. The van der Waals surface area contributed by atoms with Gasteiger partial charge in [0.05, 0.1) is 10.2 Å². The van der Waals surface area contributed by atoms with Crippen LogP contribution in [0.2, 0.25) is 0 Å². The number of hydrogen-bond donors (Lipinski definition) is 1. The summed E-state index contributed by atoms with van der Waals surface area (Å²) in [6.07, 6.45) is 2.04. The Bertz CT molecular complexity index is 659. The molecule has 2 nitrogen and oxygen atoms in total. The Balaban J connectivity index is 1.86. The lowest BCUT2D eigenvalue weighted by atomic mass is 10.0. The number of rotatable bonds is 3. The summed E-state index contributed by atoms with van der Waals surface area (Å²) in [5.41, 5.74) is 9.48. The van der Waals surface area contributed by atoms with E-state index in [0.29, 0.717) is 5.13 Å². The van der Waals surface area contributed by atoms with Crippen molar-refractivity contribution in [2.75, 3.05) is 5.73 Å². The second-order valence-electron chi connectivity index (χ2n) is 4.30. The number of nitrogens with two attached hydrogens (primary N) is 1. The van der Waals surface area contributed by atoms with Crippen LogP contribution >= 0.6 is 11.3 Å². The van der Waals surface area contributed by atoms with Crippen molar-refractivity contribution in [2.45, 2.75) is 12.8 Å². The molecule has 0 bridgehead atoms. The Hall–Kier alpha value is -1.87. The Labute approximate surface area is 110 Å². The van der Waals surface area contributed by atoms with Gasteiger partial charge < -0.3 is 5.73 Å². The molecule has 3 rings (SSSR count). The molecule has 1 heterocycles. The smallest absolute Gasteiger partial charge is 0.181 e. The fourth-order valence-electron chi connectivity index (χ4n) is 2.15. The summed E-state index contributed by atoms with van der Waals surface area (Å²) in [4.78, 5) is 4.42. The first kappa shape index (κ1) is 11.2. The van der Waals surface area contributed by atoms with Gasteiger partial charge in [-0.1, -0.05) is 53.8 Å². The molecule has 0 aliphatic rings. The molecule has 0 aliphatic carbocycles. The van der Waals surface area contributed by atoms with E-state index in [0.717, 1.165) is 18.4 Å². The molecular weight excluding hydrogens is 240 g/mol. The molecule has 0 unspecified atom stereocenters. The van der Waals surface area contributed by atoms with E-state index in [1.54, 1.807) is 11.3 Å². The van der Waals surface area contributed by atoms with Crippen LogP contribution in [0.3, 0.4) is 0 Å². The first-order chi connectivity index (χ1) is 8.83. The maximum absolute atomic E-state index is 5.77. The van der Waals surface area contributed by atoms with E-state index in [2.05, 4.69) is 47.4 Å². The van der Waals surface area contributed by atoms with Crippen LogP contribution in [0.4, 0.5) is 5.13 Å². The Morgan fingerprint density at radius 3 is 2.61 bits per heavy atom. The minimum Gasteiger partial charge on any atom is -0.375 e. The van der Waals surface area contributed by atoms with Gasteiger partial charge in [-0.05, 0) is 30.0 Å². The van der Waals surface area contributed by atoms with Gasteiger partial charge in [0.25, 0.3) is 0 Å². The minimum absolute atomic E-state index is 0.650. The van der Waals surface area contributed by atoms with Gasteiger partial charge in [0.2, 0.25) is 0 Å². The normalized spacial score (nSPS) is 10.9. The third-order valence-corrected chi connectivity index (χ3v) is 3.89. The van der Waals surface area contributed by atoms with Crippen LogP contribution in [0.15, 0.2) is 48.5 Å². The highest BCUT2D eigenvalue weighted by Gasteiger charge is 2.06. The Morgan fingerprint density at radius 1 is 0.944 bits per heavy atom. The van der Waals surface area contributed by atoms with Gasteiger partial charge in [-0.25, -0.2) is 4.98 Å². The number of fused-ring (bicyclic) bond motifs is 1. The van der Waals surface area contributed by atoms with Gasteiger partial charge in [0, 0.05) is 0 Å². The highest BCUT2D eigenvalue weighted by molar-refractivity contribution is 7.22. The van der Waals surface area contributed by atoms with Crippen LogP contribution in [0.5, 0.6) is 0 Å². The molecule has 0 fully saturated rings. The number of nitrogen functional groups attached to an aromatic ring is 1. The molecule has 0 amide bonds. The molecular formula is C15H14N2S. The van der Waals surface area contributed by atoms with Gasteiger partial charge in [-0.2, -0.15) is 0 Å². The molecule has 0 saturated heterocycles. The van der Waals surface area contributed by atoms with Gasteiger partial charge >= 0.3 is 0 Å². The highest BCUT2D eigenvalue weighted by atomic mass is 32.1. The van der Waals surface area contributed by atoms with Crippen molar-refractivity contribution in [1.82, 2.24) is 4.98 Å². The van der Waals surface area contributed by atoms with Crippen LogP contribution in [-0.4, -0.2) is 4.98 Å². The summed E-state index contributed by atoms with van der Waals surface area (Å²) >= 11 is 1.55. The van der Waals surface area contributed by atoms with Crippen molar-refractivity contribution >= 4 is 26.7 Å². The number of aryl methyl sites for hydroxylation is 2. The lowest BCUT2D eigenvalue weighted by Crippen LogP contribution is -1.92. The van der Waals surface area contributed by atoms with Crippen molar-refractivity contribution in [3.8, 4) is 0 Å². The molecule has 3 heteroatoms. The fraction of sp³-hybridized carbons (Fsp3) is 0.133. The Kier molecular flexibility index (Phi) is 2.99. The van der Waals surface area contributed by atoms with Gasteiger partial charge in [0.15, 0.2) is 5.13 Å². The maximum atomic E-state index is 5.77. The summed E-state index contributed by atoms with van der Waals surface area (Å²) in [5, 5.41) is 0.650. The average Bonchev–Trinajstić information content (AvgIpc) is 2.78. The standard InChI is InChI=1S/C15H14N2S/c16-15-17-14-12(7-4-8-13(14)18-15)10-9-11-5-2-1-3-6-11/h1-8H,9-10H2,(H2,16,17). The molecule has 18 heavy (non-hydrogen) atoms. The molecule has 0 atom stereocenters. The molecule has 3 aromatic rings. The number of para-hydroxylation sites is 1. The lowest BCUT2D eigenvalue weighted by Gasteiger charge is -2.02. The zero-order chi connectivity index (χ0) is 12.4. The molecule has 0 radical (unpaired) electrons. The number of benzene rings is 2. The largest absolute Gasteiger partial charge is 0.375 e. The molecule has 0 spiro atoms. The molecule has 2 aromatic carbocycles. The fourth-order valence-corrected chi connectivity index (χ4v) is 2.93. The van der Waals surface area contributed by atoms with Gasteiger partial charge in [-0.15, -0.1) is 0 Å². The number of hydrogen-bond acceptors (Lipinski definition) is 3. The van der Waals surface area contributed by atoms with Crippen molar-refractivity contribution in [3.63, 3.8) is 0 Å². The number of anilines is 1. The SMILES string of the molecule is Nc1nc2c(CCc3ccccc3)cccc2s1. The zero-order valence-electron chi connectivity index (χ0n) is 9.97. The topological polar surface area (TPSA) is 38.9 Å². The summed E-state index contributed by atoms with van der Waals surface area (Å²) in [6, 6.07) is 16.8. The van der Waals surface area contributed by atoms with E-state index in [1.165, 1.54) is 15.8 Å². The number of nitrogens with zero attached hydrogens (tertiary/aromatic N) is 1. The molecule has 0 aliphatic heterocycles. The summed E-state index contributed by atoms with van der Waals surface area (Å²) in [5.74, 6) is 0. The lowest BCUT2D eigenvalue weighted by molar-refractivity contribution is 0.966. The van der Waals surface area contributed by atoms with E-state index in [9.17, 15) is 0 Å². The third kappa shape index (κ3) is 2.22. The summed E-state index contributed by atoms with van der Waals surface area (Å²) in [6.45, 7) is 0. The predicted octanol–water partition coefficient (Wildman–Crippen LogP) is 3.66.